The van der Waals surface area contributed by atoms with E-state index in [4.69, 9.17) is 5.73 Å². The Labute approximate surface area is 139 Å². The smallest absolute Gasteiger partial charge is 0.229 e. The minimum Gasteiger partial charge on any atom is -0.328 e. The average molecular weight is 386 g/mol. The van der Waals surface area contributed by atoms with Gasteiger partial charge in [0.25, 0.3) is 0 Å². The van der Waals surface area contributed by atoms with E-state index in [1.165, 1.54) is 11.3 Å². The lowest BCUT2D eigenvalue weighted by atomic mass is 9.86. The molecule has 0 aliphatic heterocycles. The van der Waals surface area contributed by atoms with E-state index in [1.807, 2.05) is 16.8 Å². The van der Waals surface area contributed by atoms with Crippen molar-refractivity contribution < 1.29 is 4.79 Å². The van der Waals surface area contributed by atoms with E-state index >= 15 is 0 Å². The molecule has 4 nitrogen and oxygen atoms in total. The molecule has 0 aromatic carbocycles. The van der Waals surface area contributed by atoms with Crippen LogP contribution in [0.3, 0.4) is 0 Å². The topological polar surface area (TPSA) is 68.0 Å². The summed E-state index contributed by atoms with van der Waals surface area (Å²) in [5.41, 5.74) is 6.85. The van der Waals surface area contributed by atoms with Gasteiger partial charge in [-0.2, -0.15) is 0 Å². The molecule has 0 radical (unpaired) electrons. The number of halogens is 1. The number of thiazole rings is 1. The highest BCUT2D eigenvalue weighted by atomic mass is 79.9. The largest absolute Gasteiger partial charge is 0.328 e. The molecule has 2 aromatic heterocycles. The number of nitrogens with two attached hydrogens (primary N) is 1. The predicted molar refractivity (Wildman–Crippen MR) is 91.7 cm³/mol. The Balaban J connectivity index is 1.65. The molecule has 1 aliphatic rings. The molecule has 3 N–H and O–H groups in total. The second kappa shape index (κ2) is 6.56. The summed E-state index contributed by atoms with van der Waals surface area (Å²) in [7, 11) is 0. The molecule has 2 atom stereocenters. The average Bonchev–Trinajstić information content (AvgIpc) is 3.07. The Hall–Kier alpha value is -0.760. The molecule has 7 heteroatoms. The Kier molecular flexibility index (Phi) is 4.73. The molecular weight excluding hydrogens is 370 g/mol. The Morgan fingerprint density at radius 2 is 2.24 bits per heavy atom. The van der Waals surface area contributed by atoms with Gasteiger partial charge in [-0.3, -0.25) is 4.79 Å². The lowest BCUT2D eigenvalue weighted by molar-refractivity contribution is -0.120. The zero-order chi connectivity index (χ0) is 14.8. The number of carbonyl (C=O) groups is 1. The lowest BCUT2D eigenvalue weighted by Gasteiger charge is -2.25. The van der Waals surface area contributed by atoms with Crippen molar-refractivity contribution in [1.29, 1.82) is 0 Å². The van der Waals surface area contributed by atoms with Gasteiger partial charge in [-0.25, -0.2) is 4.98 Å². The van der Waals surface area contributed by atoms with Gasteiger partial charge in [0.15, 0.2) is 5.13 Å². The number of thiophene rings is 1. The maximum absolute atomic E-state index is 12.3. The summed E-state index contributed by atoms with van der Waals surface area (Å²) in [5, 5.41) is 7.60. The third-order valence-corrected chi connectivity index (χ3v) is 6.11. The summed E-state index contributed by atoms with van der Waals surface area (Å²) in [6, 6.07) is 2.19. The fourth-order valence-electron chi connectivity index (χ4n) is 2.56. The fourth-order valence-corrected chi connectivity index (χ4v) is 4.74. The molecule has 0 bridgehead atoms. The van der Waals surface area contributed by atoms with Gasteiger partial charge in [-0.05, 0) is 41.3 Å². The van der Waals surface area contributed by atoms with Crippen molar-refractivity contribution in [3.8, 4) is 10.6 Å². The molecule has 0 spiro atoms. The number of aromatic nitrogens is 1. The Morgan fingerprint density at radius 3 is 2.95 bits per heavy atom. The SMILES string of the molecule is NC1CCCC(C(=O)Nc2nc(-c3cc(Br)cs3)cs2)C1. The zero-order valence-electron chi connectivity index (χ0n) is 11.3. The summed E-state index contributed by atoms with van der Waals surface area (Å²) in [6.07, 6.45) is 3.77. The van der Waals surface area contributed by atoms with Crippen LogP contribution in [-0.4, -0.2) is 16.9 Å². The van der Waals surface area contributed by atoms with Crippen LogP contribution in [0.25, 0.3) is 10.6 Å². The molecule has 0 saturated heterocycles. The summed E-state index contributed by atoms with van der Waals surface area (Å²) in [4.78, 5) is 17.8. The van der Waals surface area contributed by atoms with E-state index in [1.54, 1.807) is 11.3 Å². The number of amides is 1. The maximum atomic E-state index is 12.3. The zero-order valence-corrected chi connectivity index (χ0v) is 14.6. The van der Waals surface area contributed by atoms with Gasteiger partial charge in [-0.15, -0.1) is 22.7 Å². The van der Waals surface area contributed by atoms with E-state index in [-0.39, 0.29) is 17.9 Å². The normalized spacial score (nSPS) is 22.2. The molecule has 2 heterocycles. The van der Waals surface area contributed by atoms with Gasteiger partial charge in [0.1, 0.15) is 0 Å². The van der Waals surface area contributed by atoms with Gasteiger partial charge in [0.2, 0.25) is 5.91 Å². The molecule has 1 fully saturated rings. The van der Waals surface area contributed by atoms with Crippen LogP contribution in [0.1, 0.15) is 25.7 Å². The van der Waals surface area contributed by atoms with Crippen LogP contribution < -0.4 is 11.1 Å². The highest BCUT2D eigenvalue weighted by molar-refractivity contribution is 9.10. The van der Waals surface area contributed by atoms with Crippen LogP contribution in [-0.2, 0) is 4.79 Å². The molecule has 1 saturated carbocycles. The molecule has 112 valence electrons. The second-order valence-electron chi connectivity index (χ2n) is 5.28. The molecular formula is C14H16BrN3OS2. The van der Waals surface area contributed by atoms with Crippen LogP contribution in [0, 0.1) is 5.92 Å². The molecule has 3 rings (SSSR count). The van der Waals surface area contributed by atoms with Crippen molar-refractivity contribution in [3.05, 3.63) is 21.3 Å². The summed E-state index contributed by atoms with van der Waals surface area (Å²) in [6.45, 7) is 0. The van der Waals surface area contributed by atoms with Crippen LogP contribution in [0.2, 0.25) is 0 Å². The number of anilines is 1. The fraction of sp³-hybridized carbons (Fsp3) is 0.429. The minimum atomic E-state index is 0.0250. The molecule has 2 unspecified atom stereocenters. The van der Waals surface area contributed by atoms with Crippen LogP contribution in [0.4, 0.5) is 5.13 Å². The summed E-state index contributed by atoms with van der Waals surface area (Å²) < 4.78 is 1.05. The molecule has 1 amide bonds. The number of hydrogen-bond donors (Lipinski definition) is 2. The highest BCUT2D eigenvalue weighted by Crippen LogP contribution is 2.32. The second-order valence-corrected chi connectivity index (χ2v) is 7.96. The number of nitrogens with one attached hydrogen (secondary N) is 1. The lowest BCUT2D eigenvalue weighted by Crippen LogP contribution is -2.34. The van der Waals surface area contributed by atoms with Crippen molar-refractivity contribution in [2.75, 3.05) is 5.32 Å². The van der Waals surface area contributed by atoms with Crippen molar-refractivity contribution in [3.63, 3.8) is 0 Å². The third kappa shape index (κ3) is 3.71. The van der Waals surface area contributed by atoms with E-state index < -0.39 is 0 Å². The van der Waals surface area contributed by atoms with Crippen molar-refractivity contribution >= 4 is 49.6 Å². The quantitative estimate of drug-likeness (QED) is 0.835. The van der Waals surface area contributed by atoms with E-state index in [0.29, 0.717) is 5.13 Å². The van der Waals surface area contributed by atoms with Gasteiger partial charge >= 0.3 is 0 Å². The predicted octanol–water partition coefficient (Wildman–Crippen LogP) is 4.09. The summed E-state index contributed by atoms with van der Waals surface area (Å²) in [5.74, 6) is 0.0791. The Morgan fingerprint density at radius 1 is 1.38 bits per heavy atom. The maximum Gasteiger partial charge on any atom is 0.229 e. The standard InChI is InChI=1S/C14H16BrN3OS2/c15-9-5-12(20-6-9)11-7-21-14(17-11)18-13(19)8-2-1-3-10(16)4-8/h5-8,10H,1-4,16H2,(H,17,18,19). The van der Waals surface area contributed by atoms with E-state index in [0.717, 1.165) is 40.7 Å². The van der Waals surface area contributed by atoms with Crippen LogP contribution in [0.15, 0.2) is 21.3 Å². The van der Waals surface area contributed by atoms with Gasteiger partial charge < -0.3 is 11.1 Å². The van der Waals surface area contributed by atoms with Crippen molar-refractivity contribution in [1.82, 2.24) is 4.98 Å². The van der Waals surface area contributed by atoms with Gasteiger partial charge in [0.05, 0.1) is 10.6 Å². The summed E-state index contributed by atoms with van der Waals surface area (Å²) >= 11 is 6.53. The van der Waals surface area contributed by atoms with E-state index in [9.17, 15) is 4.79 Å². The number of rotatable bonds is 3. The van der Waals surface area contributed by atoms with Crippen LogP contribution >= 0.6 is 38.6 Å². The Bertz CT molecular complexity index is 640. The molecule has 2 aromatic rings. The van der Waals surface area contributed by atoms with Gasteiger partial charge in [-0.1, -0.05) is 6.42 Å². The first kappa shape index (κ1) is 15.1. The van der Waals surface area contributed by atoms with Gasteiger partial charge in [0, 0.05) is 27.2 Å². The first-order chi connectivity index (χ1) is 10.1. The monoisotopic (exact) mass is 385 g/mol. The molecule has 1 aliphatic carbocycles. The van der Waals surface area contributed by atoms with Crippen molar-refractivity contribution in [2.24, 2.45) is 11.7 Å². The minimum absolute atomic E-state index is 0.0250. The first-order valence-electron chi connectivity index (χ1n) is 6.88. The van der Waals surface area contributed by atoms with E-state index in [2.05, 4.69) is 26.2 Å². The number of hydrogen-bond acceptors (Lipinski definition) is 5. The number of nitrogens with zero attached hydrogens (tertiary/aromatic N) is 1. The van der Waals surface area contributed by atoms with Crippen molar-refractivity contribution in [2.45, 2.75) is 31.7 Å². The highest BCUT2D eigenvalue weighted by Gasteiger charge is 2.25. The molecule has 21 heavy (non-hydrogen) atoms. The third-order valence-electron chi connectivity index (χ3n) is 3.64. The van der Waals surface area contributed by atoms with Crippen LogP contribution in [0.5, 0.6) is 0 Å². The number of carbonyl (C=O) groups excluding carboxylic acids is 1. The first-order valence-corrected chi connectivity index (χ1v) is 9.43.